The number of ether oxygens (including phenoxy) is 2. The van der Waals surface area contributed by atoms with Gasteiger partial charge in [0.2, 0.25) is 0 Å². The van der Waals surface area contributed by atoms with E-state index in [0.717, 1.165) is 16.7 Å². The van der Waals surface area contributed by atoms with Crippen LogP contribution in [0, 0.1) is 13.8 Å². The summed E-state index contributed by atoms with van der Waals surface area (Å²) in [6, 6.07) is 12.9. The fourth-order valence-corrected chi connectivity index (χ4v) is 3.32. The van der Waals surface area contributed by atoms with Gasteiger partial charge in [-0.15, -0.1) is 0 Å². The van der Waals surface area contributed by atoms with Crippen molar-refractivity contribution in [2.24, 2.45) is 0 Å². The molecule has 1 heterocycles. The zero-order chi connectivity index (χ0) is 29.3. The van der Waals surface area contributed by atoms with Crippen molar-refractivity contribution in [2.75, 3.05) is 25.5 Å². The Morgan fingerprint density at radius 1 is 0.925 bits per heavy atom. The number of aryl methyl sites for hydroxylation is 2. The number of amides is 4. The molecule has 0 spiro atoms. The van der Waals surface area contributed by atoms with Crippen LogP contribution >= 0.6 is 0 Å². The van der Waals surface area contributed by atoms with Crippen LogP contribution in [0.5, 0.6) is 17.2 Å². The minimum atomic E-state index is -4.98. The Balaban J connectivity index is 1.54. The molecule has 0 radical (unpaired) electrons. The van der Waals surface area contributed by atoms with Gasteiger partial charge < -0.3 is 30.7 Å². The summed E-state index contributed by atoms with van der Waals surface area (Å²) in [6.07, 6.45) is -3.51. The standard InChI is InChI=1S/C27H28F3N5O5/c1-16-12-21(23(13-17(16)2)39-11-10-33-25(37)27(28,29)30)35-26(38)34-15-18-4-6-19(7-5-18)40-20-8-9-32-22(14-20)24(36)31-3/h4-9,12-14H,10-11,15H2,1-3H3,(H,31,36)(H,33,37)(H2,34,35,38). The number of anilines is 1. The fourth-order valence-electron chi connectivity index (χ4n) is 3.32. The Hall–Kier alpha value is -4.81. The van der Waals surface area contributed by atoms with E-state index in [1.807, 2.05) is 13.8 Å². The molecule has 2 aromatic carbocycles. The summed E-state index contributed by atoms with van der Waals surface area (Å²) in [5, 5.41) is 9.62. The molecule has 3 aromatic rings. The van der Waals surface area contributed by atoms with Gasteiger partial charge in [0.25, 0.3) is 5.91 Å². The van der Waals surface area contributed by atoms with Crippen molar-refractivity contribution in [1.29, 1.82) is 0 Å². The van der Waals surface area contributed by atoms with E-state index in [9.17, 15) is 27.6 Å². The molecule has 0 unspecified atom stereocenters. The van der Waals surface area contributed by atoms with Crippen molar-refractivity contribution in [2.45, 2.75) is 26.6 Å². The number of benzene rings is 2. The summed E-state index contributed by atoms with van der Waals surface area (Å²) in [7, 11) is 1.51. The van der Waals surface area contributed by atoms with Gasteiger partial charge in [-0.05, 0) is 60.9 Å². The van der Waals surface area contributed by atoms with Crippen LogP contribution in [-0.4, -0.2) is 49.2 Å². The number of rotatable bonds is 10. The predicted octanol–water partition coefficient (Wildman–Crippen LogP) is 4.23. The minimum absolute atomic E-state index is 0.187. The van der Waals surface area contributed by atoms with E-state index >= 15 is 0 Å². The molecule has 212 valence electrons. The van der Waals surface area contributed by atoms with Crippen molar-refractivity contribution in [1.82, 2.24) is 20.9 Å². The van der Waals surface area contributed by atoms with E-state index < -0.39 is 18.1 Å². The van der Waals surface area contributed by atoms with Crippen molar-refractivity contribution in [3.63, 3.8) is 0 Å². The highest BCUT2D eigenvalue weighted by atomic mass is 19.4. The molecule has 0 bridgehead atoms. The first-order valence-electron chi connectivity index (χ1n) is 12.0. The van der Waals surface area contributed by atoms with Gasteiger partial charge in [0, 0.05) is 25.9 Å². The summed E-state index contributed by atoms with van der Waals surface area (Å²) in [6.45, 7) is 3.24. The van der Waals surface area contributed by atoms with Crippen LogP contribution in [0.15, 0.2) is 54.7 Å². The molecule has 0 aliphatic carbocycles. The van der Waals surface area contributed by atoms with E-state index in [4.69, 9.17) is 9.47 Å². The zero-order valence-corrected chi connectivity index (χ0v) is 21.9. The lowest BCUT2D eigenvalue weighted by Gasteiger charge is -2.16. The number of alkyl halides is 3. The quantitative estimate of drug-likeness (QED) is 0.275. The SMILES string of the molecule is CNC(=O)c1cc(Oc2ccc(CNC(=O)Nc3cc(C)c(C)cc3OCCNC(=O)C(F)(F)F)cc2)ccn1. The number of aromatic nitrogens is 1. The topological polar surface area (TPSA) is 131 Å². The molecular formula is C27H28F3N5O5. The maximum absolute atomic E-state index is 12.6. The number of hydrogen-bond donors (Lipinski definition) is 4. The van der Waals surface area contributed by atoms with Crippen molar-refractivity contribution in [3.05, 3.63) is 77.1 Å². The second kappa shape index (κ2) is 13.3. The first-order chi connectivity index (χ1) is 19.0. The number of carbonyl (C=O) groups is 3. The first-order valence-corrected chi connectivity index (χ1v) is 12.0. The molecular weight excluding hydrogens is 531 g/mol. The molecule has 0 saturated carbocycles. The first kappa shape index (κ1) is 29.7. The Labute approximate surface area is 228 Å². The van der Waals surface area contributed by atoms with E-state index in [1.54, 1.807) is 47.8 Å². The number of nitrogens with zero attached hydrogens (tertiary/aromatic N) is 1. The van der Waals surface area contributed by atoms with E-state index in [2.05, 4.69) is 20.9 Å². The maximum Gasteiger partial charge on any atom is 0.471 e. The molecule has 4 N–H and O–H groups in total. The van der Waals surface area contributed by atoms with E-state index in [-0.39, 0.29) is 37.0 Å². The van der Waals surface area contributed by atoms with Crippen molar-refractivity contribution in [3.8, 4) is 17.2 Å². The molecule has 3 rings (SSSR count). The molecule has 0 fully saturated rings. The Bertz CT molecular complexity index is 1360. The smallest absolute Gasteiger partial charge is 0.471 e. The zero-order valence-electron chi connectivity index (χ0n) is 21.9. The fraction of sp³-hybridized carbons (Fsp3) is 0.259. The highest BCUT2D eigenvalue weighted by Gasteiger charge is 2.38. The lowest BCUT2D eigenvalue weighted by Crippen LogP contribution is -2.38. The normalized spacial score (nSPS) is 10.8. The van der Waals surface area contributed by atoms with Gasteiger partial charge in [0.05, 0.1) is 12.2 Å². The Morgan fingerprint density at radius 2 is 1.62 bits per heavy atom. The second-order valence-corrected chi connectivity index (χ2v) is 8.54. The lowest BCUT2D eigenvalue weighted by molar-refractivity contribution is -0.173. The lowest BCUT2D eigenvalue weighted by atomic mass is 10.1. The van der Waals surface area contributed by atoms with Crippen LogP contribution in [0.1, 0.15) is 27.2 Å². The summed E-state index contributed by atoms with van der Waals surface area (Å²) in [5.41, 5.74) is 3.03. The molecule has 10 nitrogen and oxygen atoms in total. The van der Waals surface area contributed by atoms with Gasteiger partial charge in [-0.25, -0.2) is 4.79 Å². The van der Waals surface area contributed by atoms with Gasteiger partial charge in [0.15, 0.2) is 0 Å². The summed E-state index contributed by atoms with van der Waals surface area (Å²) in [5.74, 6) is -1.18. The summed E-state index contributed by atoms with van der Waals surface area (Å²) < 4.78 is 48.3. The monoisotopic (exact) mass is 559 g/mol. The number of halogens is 3. The maximum atomic E-state index is 12.6. The number of nitrogens with one attached hydrogen (secondary N) is 4. The van der Waals surface area contributed by atoms with Crippen molar-refractivity contribution >= 4 is 23.5 Å². The average molecular weight is 560 g/mol. The molecule has 13 heteroatoms. The molecule has 0 atom stereocenters. The third kappa shape index (κ3) is 8.61. The van der Waals surface area contributed by atoms with Gasteiger partial charge in [-0.3, -0.25) is 14.6 Å². The van der Waals surface area contributed by atoms with Crippen molar-refractivity contribution < 1.29 is 37.0 Å². The largest absolute Gasteiger partial charge is 0.490 e. The van der Waals surface area contributed by atoms with Crippen LogP contribution in [-0.2, 0) is 11.3 Å². The highest BCUT2D eigenvalue weighted by molar-refractivity contribution is 5.92. The van der Waals surface area contributed by atoms with Gasteiger partial charge >= 0.3 is 18.1 Å². The van der Waals surface area contributed by atoms with Crippen LogP contribution in [0.3, 0.4) is 0 Å². The highest BCUT2D eigenvalue weighted by Crippen LogP contribution is 2.28. The van der Waals surface area contributed by atoms with Gasteiger partial charge in [0.1, 0.15) is 29.5 Å². The third-order valence-electron chi connectivity index (χ3n) is 5.55. The van der Waals surface area contributed by atoms with Gasteiger partial charge in [-0.2, -0.15) is 13.2 Å². The number of pyridine rings is 1. The van der Waals surface area contributed by atoms with Crippen LogP contribution in [0.2, 0.25) is 0 Å². The molecule has 0 aliphatic rings. The van der Waals surface area contributed by atoms with Crippen LogP contribution < -0.4 is 30.7 Å². The number of carbonyl (C=O) groups excluding carboxylic acids is 3. The summed E-state index contributed by atoms with van der Waals surface area (Å²) >= 11 is 0. The van der Waals surface area contributed by atoms with E-state index in [0.29, 0.717) is 17.2 Å². The molecule has 0 aliphatic heterocycles. The van der Waals surface area contributed by atoms with Crippen LogP contribution in [0.25, 0.3) is 0 Å². The number of urea groups is 1. The van der Waals surface area contributed by atoms with Crippen LogP contribution in [0.4, 0.5) is 23.7 Å². The second-order valence-electron chi connectivity index (χ2n) is 8.54. The number of hydrogen-bond acceptors (Lipinski definition) is 6. The Kier molecular flexibility index (Phi) is 9.90. The minimum Gasteiger partial charge on any atom is -0.490 e. The molecule has 1 aromatic heterocycles. The predicted molar refractivity (Wildman–Crippen MR) is 140 cm³/mol. The third-order valence-corrected chi connectivity index (χ3v) is 5.55. The van der Waals surface area contributed by atoms with E-state index in [1.165, 1.54) is 19.3 Å². The molecule has 0 saturated heterocycles. The Morgan fingerprint density at radius 3 is 2.30 bits per heavy atom. The van der Waals surface area contributed by atoms with Gasteiger partial charge in [-0.1, -0.05) is 12.1 Å². The molecule has 40 heavy (non-hydrogen) atoms. The average Bonchev–Trinajstić information content (AvgIpc) is 2.92. The molecule has 4 amide bonds. The summed E-state index contributed by atoms with van der Waals surface area (Å²) in [4.78, 5) is 39.2.